The van der Waals surface area contributed by atoms with Crippen molar-refractivity contribution in [3.8, 4) is 5.75 Å². The van der Waals surface area contributed by atoms with Crippen molar-refractivity contribution in [2.45, 2.75) is 25.3 Å². The van der Waals surface area contributed by atoms with Crippen molar-refractivity contribution in [1.82, 2.24) is 10.2 Å². The molecule has 0 aromatic heterocycles. The smallest absolute Gasteiger partial charge is 0.257 e. The molecule has 2 atom stereocenters. The molecule has 4 heteroatoms. The average molecular weight is 260 g/mol. The van der Waals surface area contributed by atoms with E-state index in [9.17, 15) is 4.79 Å². The van der Waals surface area contributed by atoms with Gasteiger partial charge in [0.2, 0.25) is 0 Å². The summed E-state index contributed by atoms with van der Waals surface area (Å²) in [6.07, 6.45) is 0.957. The first-order chi connectivity index (χ1) is 9.17. The summed E-state index contributed by atoms with van der Waals surface area (Å²) < 4.78 is 5.45. The maximum Gasteiger partial charge on any atom is 0.257 e. The summed E-state index contributed by atoms with van der Waals surface area (Å²) in [5, 5.41) is 3.40. The van der Waals surface area contributed by atoms with Gasteiger partial charge >= 0.3 is 0 Å². The fraction of sp³-hybridized carbons (Fsp3) is 0.533. The summed E-state index contributed by atoms with van der Waals surface area (Å²) in [6.45, 7) is 3.94. The SMILES string of the molecule is CCc1cc(OC)c2c(c1)[C@H]1CNC[C@@H]1N(C)C2=O. The minimum Gasteiger partial charge on any atom is -0.496 e. The Morgan fingerprint density at radius 3 is 2.89 bits per heavy atom. The van der Waals surface area contributed by atoms with Gasteiger partial charge in [-0.2, -0.15) is 0 Å². The molecule has 0 aliphatic carbocycles. The molecule has 4 nitrogen and oxygen atoms in total. The van der Waals surface area contributed by atoms with E-state index < -0.39 is 0 Å². The van der Waals surface area contributed by atoms with Gasteiger partial charge in [-0.05, 0) is 23.6 Å². The molecule has 2 aliphatic rings. The Kier molecular flexibility index (Phi) is 2.97. The zero-order valence-electron chi connectivity index (χ0n) is 11.7. The van der Waals surface area contributed by atoms with E-state index in [4.69, 9.17) is 4.74 Å². The predicted molar refractivity (Wildman–Crippen MR) is 73.9 cm³/mol. The Hall–Kier alpha value is -1.55. The number of fused-ring (bicyclic) bond motifs is 3. The van der Waals surface area contributed by atoms with E-state index in [1.54, 1.807) is 7.11 Å². The van der Waals surface area contributed by atoms with Gasteiger partial charge in [-0.1, -0.05) is 13.0 Å². The number of nitrogens with one attached hydrogen (secondary N) is 1. The molecule has 1 aromatic carbocycles. The molecule has 1 saturated heterocycles. The van der Waals surface area contributed by atoms with Crippen LogP contribution in [0.1, 0.15) is 34.3 Å². The van der Waals surface area contributed by atoms with Gasteiger partial charge in [-0.25, -0.2) is 0 Å². The number of carbonyl (C=O) groups excluding carboxylic acids is 1. The quantitative estimate of drug-likeness (QED) is 0.874. The summed E-state index contributed by atoms with van der Waals surface area (Å²) in [6, 6.07) is 4.46. The van der Waals surface area contributed by atoms with Crippen molar-refractivity contribution in [3.05, 3.63) is 28.8 Å². The number of amides is 1. The first-order valence-corrected chi connectivity index (χ1v) is 6.86. The Morgan fingerprint density at radius 1 is 1.42 bits per heavy atom. The number of carbonyl (C=O) groups is 1. The van der Waals surface area contributed by atoms with Crippen LogP contribution in [0.25, 0.3) is 0 Å². The average Bonchev–Trinajstić information content (AvgIpc) is 2.92. The molecule has 2 heterocycles. The normalized spacial score (nSPS) is 25.2. The third-order valence-corrected chi connectivity index (χ3v) is 4.43. The summed E-state index contributed by atoms with van der Waals surface area (Å²) in [5.74, 6) is 1.19. The van der Waals surface area contributed by atoms with Gasteiger partial charge in [0, 0.05) is 26.1 Å². The number of likely N-dealkylation sites (N-methyl/N-ethyl adjacent to an activating group) is 1. The number of rotatable bonds is 2. The first kappa shape index (κ1) is 12.5. The standard InChI is InChI=1S/C15H20N2O2/c1-4-9-5-10-11-7-16-8-12(11)17(2)15(18)14(10)13(6-9)19-3/h5-6,11-12,16H,4,7-8H2,1-3H3/t11-,12+/m1/s1. The van der Waals surface area contributed by atoms with E-state index in [-0.39, 0.29) is 11.9 Å². The number of nitrogens with zero attached hydrogens (tertiary/aromatic N) is 1. The lowest BCUT2D eigenvalue weighted by atomic mass is 9.83. The Morgan fingerprint density at radius 2 is 2.21 bits per heavy atom. The Bertz CT molecular complexity index is 527. The van der Waals surface area contributed by atoms with Crippen molar-refractivity contribution >= 4 is 5.91 Å². The van der Waals surface area contributed by atoms with Crippen molar-refractivity contribution < 1.29 is 9.53 Å². The minimum absolute atomic E-state index is 0.0828. The molecule has 1 aromatic rings. The summed E-state index contributed by atoms with van der Waals surface area (Å²) in [7, 11) is 3.53. The molecule has 0 spiro atoms. The lowest BCUT2D eigenvalue weighted by Gasteiger charge is -2.36. The van der Waals surface area contributed by atoms with Gasteiger partial charge < -0.3 is 15.0 Å². The third-order valence-electron chi connectivity index (χ3n) is 4.43. The molecule has 2 aliphatic heterocycles. The van der Waals surface area contributed by atoms with Crippen molar-refractivity contribution in [3.63, 3.8) is 0 Å². The highest BCUT2D eigenvalue weighted by molar-refractivity contribution is 6.00. The Labute approximate surface area is 113 Å². The topological polar surface area (TPSA) is 41.6 Å². The first-order valence-electron chi connectivity index (χ1n) is 6.86. The number of hydrogen-bond acceptors (Lipinski definition) is 3. The zero-order chi connectivity index (χ0) is 13.6. The monoisotopic (exact) mass is 260 g/mol. The lowest BCUT2D eigenvalue weighted by molar-refractivity contribution is 0.0701. The van der Waals surface area contributed by atoms with Crippen molar-refractivity contribution in [1.29, 1.82) is 0 Å². The van der Waals surface area contributed by atoms with E-state index in [0.717, 1.165) is 36.4 Å². The highest BCUT2D eigenvalue weighted by atomic mass is 16.5. The van der Waals surface area contributed by atoms with E-state index in [1.807, 2.05) is 18.0 Å². The highest BCUT2D eigenvalue weighted by Gasteiger charge is 2.42. The van der Waals surface area contributed by atoms with E-state index in [2.05, 4.69) is 18.3 Å². The van der Waals surface area contributed by atoms with Crippen LogP contribution in [0.2, 0.25) is 0 Å². The molecular formula is C15H20N2O2. The van der Waals surface area contributed by atoms with Crippen LogP contribution in [0.5, 0.6) is 5.75 Å². The van der Waals surface area contributed by atoms with Gasteiger partial charge in [0.1, 0.15) is 5.75 Å². The number of aryl methyl sites for hydroxylation is 1. The second kappa shape index (κ2) is 4.53. The number of ether oxygens (including phenoxy) is 1. The fourth-order valence-electron chi connectivity index (χ4n) is 3.30. The fourth-order valence-corrected chi connectivity index (χ4v) is 3.30. The van der Waals surface area contributed by atoms with Crippen molar-refractivity contribution in [2.24, 2.45) is 0 Å². The maximum atomic E-state index is 12.6. The van der Waals surface area contributed by atoms with Crippen LogP contribution in [0.3, 0.4) is 0 Å². The summed E-state index contributed by atoms with van der Waals surface area (Å²) >= 11 is 0. The van der Waals surface area contributed by atoms with Crippen LogP contribution in [-0.4, -0.2) is 44.1 Å². The number of methoxy groups -OCH3 is 1. The van der Waals surface area contributed by atoms with Gasteiger partial charge in [-0.3, -0.25) is 4.79 Å². The molecule has 0 unspecified atom stereocenters. The summed E-state index contributed by atoms with van der Waals surface area (Å²) in [5.41, 5.74) is 3.15. The van der Waals surface area contributed by atoms with Crippen LogP contribution in [0.4, 0.5) is 0 Å². The number of hydrogen-bond donors (Lipinski definition) is 1. The largest absolute Gasteiger partial charge is 0.496 e. The van der Waals surface area contributed by atoms with Crippen LogP contribution in [0.15, 0.2) is 12.1 Å². The van der Waals surface area contributed by atoms with Crippen LogP contribution in [0, 0.1) is 0 Å². The second-order valence-electron chi connectivity index (χ2n) is 5.36. The molecule has 3 rings (SSSR count). The van der Waals surface area contributed by atoms with Gasteiger partial charge in [0.05, 0.1) is 18.7 Å². The molecule has 102 valence electrons. The van der Waals surface area contributed by atoms with E-state index >= 15 is 0 Å². The van der Waals surface area contributed by atoms with Crippen LogP contribution >= 0.6 is 0 Å². The zero-order valence-corrected chi connectivity index (χ0v) is 11.7. The van der Waals surface area contributed by atoms with E-state index in [1.165, 1.54) is 5.56 Å². The number of benzene rings is 1. The molecule has 0 bridgehead atoms. The molecular weight excluding hydrogens is 240 g/mol. The Balaban J connectivity index is 2.21. The third kappa shape index (κ3) is 1.74. The molecule has 1 fully saturated rings. The maximum absolute atomic E-state index is 12.6. The van der Waals surface area contributed by atoms with Gasteiger partial charge in [0.25, 0.3) is 5.91 Å². The van der Waals surface area contributed by atoms with Gasteiger partial charge in [-0.15, -0.1) is 0 Å². The molecule has 0 radical (unpaired) electrons. The minimum atomic E-state index is 0.0828. The lowest BCUT2D eigenvalue weighted by Crippen LogP contribution is -2.45. The van der Waals surface area contributed by atoms with Crippen LogP contribution < -0.4 is 10.1 Å². The molecule has 19 heavy (non-hydrogen) atoms. The molecule has 1 N–H and O–H groups in total. The molecule has 1 amide bonds. The second-order valence-corrected chi connectivity index (χ2v) is 5.36. The van der Waals surface area contributed by atoms with Gasteiger partial charge in [0.15, 0.2) is 0 Å². The van der Waals surface area contributed by atoms with E-state index in [0.29, 0.717) is 5.92 Å². The predicted octanol–water partition coefficient (Wildman–Crippen LogP) is 1.40. The summed E-state index contributed by atoms with van der Waals surface area (Å²) in [4.78, 5) is 14.4. The van der Waals surface area contributed by atoms with Crippen molar-refractivity contribution in [2.75, 3.05) is 27.2 Å². The molecule has 0 saturated carbocycles. The van der Waals surface area contributed by atoms with Crippen LogP contribution in [-0.2, 0) is 6.42 Å². The highest BCUT2D eigenvalue weighted by Crippen LogP contribution is 2.39.